The van der Waals surface area contributed by atoms with Crippen molar-refractivity contribution in [1.82, 2.24) is 14.8 Å². The van der Waals surface area contributed by atoms with Gasteiger partial charge >= 0.3 is 0 Å². The number of pyridine rings is 1. The second-order valence-electron chi connectivity index (χ2n) is 4.21. The second kappa shape index (κ2) is 5.01. The molecule has 0 radical (unpaired) electrons. The molecule has 2 heterocycles. The van der Waals surface area contributed by atoms with Crippen molar-refractivity contribution >= 4 is 0 Å². The second-order valence-corrected chi connectivity index (χ2v) is 4.21. The maximum absolute atomic E-state index is 13.6. The van der Waals surface area contributed by atoms with Crippen LogP contribution in [0, 0.1) is 23.5 Å². The van der Waals surface area contributed by atoms with E-state index in [0.29, 0.717) is 5.56 Å². The van der Waals surface area contributed by atoms with E-state index < -0.39 is 29.2 Å². The number of nitrogens with zero attached hydrogens (tertiary/aromatic N) is 3. The Labute approximate surface area is 116 Å². The minimum Gasteiger partial charge on any atom is -0.234 e. The van der Waals surface area contributed by atoms with Gasteiger partial charge in [-0.15, -0.1) is 0 Å². The first-order chi connectivity index (χ1) is 10.1. The lowest BCUT2D eigenvalue weighted by Crippen LogP contribution is -2.09. The van der Waals surface area contributed by atoms with Crippen molar-refractivity contribution < 1.29 is 17.6 Å². The van der Waals surface area contributed by atoms with Crippen molar-refractivity contribution in [1.29, 1.82) is 0 Å². The Morgan fingerprint density at radius 1 is 0.810 bits per heavy atom. The van der Waals surface area contributed by atoms with Gasteiger partial charge in [0.05, 0.1) is 6.20 Å². The Bertz CT molecular complexity index is 773. The molecule has 0 spiro atoms. The van der Waals surface area contributed by atoms with Crippen LogP contribution in [-0.4, -0.2) is 14.8 Å². The van der Waals surface area contributed by atoms with Gasteiger partial charge in [0.15, 0.2) is 0 Å². The number of hydrogen-bond donors (Lipinski definition) is 0. The molecule has 21 heavy (non-hydrogen) atoms. The molecule has 0 N–H and O–H groups in total. The molecule has 3 aromatic rings. The molecule has 0 aliphatic heterocycles. The number of halogens is 4. The molecule has 2 aromatic heterocycles. The highest BCUT2D eigenvalue weighted by molar-refractivity contribution is 5.62. The molecule has 0 amide bonds. The molecule has 0 atom stereocenters. The number of hydrogen-bond acceptors (Lipinski definition) is 2. The van der Waals surface area contributed by atoms with Gasteiger partial charge in [0.2, 0.25) is 11.6 Å². The summed E-state index contributed by atoms with van der Waals surface area (Å²) in [5.74, 6) is -6.64. The summed E-state index contributed by atoms with van der Waals surface area (Å²) in [7, 11) is 0. The van der Waals surface area contributed by atoms with Crippen LogP contribution in [0.25, 0.3) is 16.8 Å². The zero-order valence-electron chi connectivity index (χ0n) is 10.4. The van der Waals surface area contributed by atoms with Gasteiger partial charge in [-0.25, -0.2) is 4.68 Å². The first-order valence-electron chi connectivity index (χ1n) is 5.88. The van der Waals surface area contributed by atoms with Crippen LogP contribution in [0.5, 0.6) is 0 Å². The highest BCUT2D eigenvalue weighted by Gasteiger charge is 2.23. The summed E-state index contributed by atoms with van der Waals surface area (Å²) in [6.45, 7) is 0. The number of aromatic nitrogens is 3. The molecule has 0 aliphatic rings. The topological polar surface area (TPSA) is 30.7 Å². The highest BCUT2D eigenvalue weighted by Crippen LogP contribution is 2.24. The number of benzene rings is 1. The third-order valence-electron chi connectivity index (χ3n) is 2.89. The Hall–Kier alpha value is -2.70. The third-order valence-corrected chi connectivity index (χ3v) is 2.89. The van der Waals surface area contributed by atoms with Crippen LogP contribution in [0.2, 0.25) is 0 Å². The standard InChI is InChI=1S/C14H7F4N3/c15-10-12(11(16)14(18)20-13(10)17)21-7-9(6-19-21)8-4-2-1-3-5-8/h1-7H. The van der Waals surface area contributed by atoms with E-state index in [9.17, 15) is 17.6 Å². The van der Waals surface area contributed by atoms with E-state index in [1.165, 1.54) is 12.4 Å². The summed E-state index contributed by atoms with van der Waals surface area (Å²) in [5, 5.41) is 3.74. The smallest absolute Gasteiger partial charge is 0.234 e. The van der Waals surface area contributed by atoms with Gasteiger partial charge in [-0.3, -0.25) is 0 Å². The fourth-order valence-corrected chi connectivity index (χ4v) is 1.90. The monoisotopic (exact) mass is 293 g/mol. The molecular formula is C14H7F4N3. The Morgan fingerprint density at radius 2 is 1.43 bits per heavy atom. The summed E-state index contributed by atoms with van der Waals surface area (Å²) >= 11 is 0. The average Bonchev–Trinajstić information content (AvgIpc) is 2.96. The molecule has 3 rings (SSSR count). The zero-order valence-corrected chi connectivity index (χ0v) is 10.4. The Balaban J connectivity index is 2.13. The molecular weight excluding hydrogens is 286 g/mol. The zero-order chi connectivity index (χ0) is 15.0. The Morgan fingerprint density at radius 3 is 2.05 bits per heavy atom. The molecule has 3 nitrogen and oxygen atoms in total. The summed E-state index contributed by atoms with van der Waals surface area (Å²) in [4.78, 5) is 2.50. The van der Waals surface area contributed by atoms with E-state index in [0.717, 1.165) is 10.2 Å². The third kappa shape index (κ3) is 2.26. The lowest BCUT2D eigenvalue weighted by Gasteiger charge is -2.05. The Kier molecular flexibility index (Phi) is 3.17. The van der Waals surface area contributed by atoms with Crippen LogP contribution >= 0.6 is 0 Å². The minimum absolute atomic E-state index is 0.548. The van der Waals surface area contributed by atoms with Gasteiger partial charge in [-0.1, -0.05) is 30.3 Å². The fourth-order valence-electron chi connectivity index (χ4n) is 1.90. The molecule has 0 fully saturated rings. The molecule has 1 aromatic carbocycles. The van der Waals surface area contributed by atoms with Crippen molar-refractivity contribution in [2.24, 2.45) is 0 Å². The maximum atomic E-state index is 13.6. The molecule has 106 valence electrons. The molecule has 7 heteroatoms. The van der Waals surface area contributed by atoms with Crippen molar-refractivity contribution in [3.8, 4) is 16.8 Å². The summed E-state index contributed by atoms with van der Waals surface area (Å²) in [6, 6.07) is 8.89. The lowest BCUT2D eigenvalue weighted by atomic mass is 10.1. The predicted octanol–water partition coefficient (Wildman–Crippen LogP) is 3.49. The van der Waals surface area contributed by atoms with Crippen molar-refractivity contribution in [2.75, 3.05) is 0 Å². The van der Waals surface area contributed by atoms with E-state index in [4.69, 9.17) is 0 Å². The number of rotatable bonds is 2. The average molecular weight is 293 g/mol. The van der Waals surface area contributed by atoms with Gasteiger partial charge in [-0.2, -0.15) is 27.6 Å². The van der Waals surface area contributed by atoms with Crippen LogP contribution in [0.15, 0.2) is 42.7 Å². The van der Waals surface area contributed by atoms with Crippen molar-refractivity contribution in [3.05, 3.63) is 66.3 Å². The van der Waals surface area contributed by atoms with Crippen LogP contribution < -0.4 is 0 Å². The summed E-state index contributed by atoms with van der Waals surface area (Å²) in [6.07, 6.45) is 2.61. The van der Waals surface area contributed by atoms with Gasteiger partial charge in [0.25, 0.3) is 11.9 Å². The summed E-state index contributed by atoms with van der Waals surface area (Å²) < 4.78 is 54.2. The minimum atomic E-state index is -1.72. The highest BCUT2D eigenvalue weighted by atomic mass is 19.2. The van der Waals surface area contributed by atoms with Crippen LogP contribution in [0.1, 0.15) is 0 Å². The predicted molar refractivity (Wildman–Crippen MR) is 66.6 cm³/mol. The molecule has 0 saturated heterocycles. The maximum Gasteiger partial charge on any atom is 0.254 e. The van der Waals surface area contributed by atoms with Gasteiger partial charge in [0, 0.05) is 11.8 Å². The largest absolute Gasteiger partial charge is 0.254 e. The van der Waals surface area contributed by atoms with E-state index in [1.807, 2.05) is 0 Å². The van der Waals surface area contributed by atoms with Gasteiger partial charge in [-0.05, 0) is 5.56 Å². The quantitative estimate of drug-likeness (QED) is 0.535. The normalized spacial score (nSPS) is 10.9. The van der Waals surface area contributed by atoms with Crippen molar-refractivity contribution in [3.63, 3.8) is 0 Å². The van der Waals surface area contributed by atoms with Crippen molar-refractivity contribution in [2.45, 2.75) is 0 Å². The van der Waals surface area contributed by atoms with Crippen LogP contribution in [0.4, 0.5) is 17.6 Å². The molecule has 0 saturated carbocycles. The van der Waals surface area contributed by atoms with Gasteiger partial charge < -0.3 is 0 Å². The lowest BCUT2D eigenvalue weighted by molar-refractivity contribution is 0.400. The first kappa shape index (κ1) is 13.3. The van der Waals surface area contributed by atoms with E-state index in [1.54, 1.807) is 30.3 Å². The van der Waals surface area contributed by atoms with E-state index >= 15 is 0 Å². The SMILES string of the molecule is Fc1nc(F)c(F)c(-n2cc(-c3ccccc3)cn2)c1F. The fraction of sp³-hybridized carbons (Fsp3) is 0. The first-order valence-corrected chi connectivity index (χ1v) is 5.88. The molecule has 0 unspecified atom stereocenters. The van der Waals surface area contributed by atoms with E-state index in [2.05, 4.69) is 10.1 Å². The molecule has 0 aliphatic carbocycles. The van der Waals surface area contributed by atoms with Crippen LogP contribution in [-0.2, 0) is 0 Å². The van der Waals surface area contributed by atoms with Crippen LogP contribution in [0.3, 0.4) is 0 Å². The van der Waals surface area contributed by atoms with E-state index in [-0.39, 0.29) is 0 Å². The van der Waals surface area contributed by atoms with Gasteiger partial charge in [0.1, 0.15) is 5.69 Å². The summed E-state index contributed by atoms with van der Waals surface area (Å²) in [5.41, 5.74) is 0.355. The molecule has 0 bridgehead atoms.